The molecule has 2 aromatic carbocycles. The fourth-order valence-corrected chi connectivity index (χ4v) is 5.21. The standard InChI is InChI=1S/C25H25ClN2O2/c26-19-13-11-18(12-14-19)22-23(27-16-15-17-7-5-6-10-21(17)27)25(30)28(24(22)29)20-8-3-1-2-4-9-20/h5-7,10-14,20H,1-4,8-9,15-16H2. The summed E-state index contributed by atoms with van der Waals surface area (Å²) in [6, 6.07) is 15.4. The SMILES string of the molecule is O=C1C(c2ccc(Cl)cc2)=C(N2CCc3ccccc32)C(=O)N1C1CCCCCC1. The van der Waals surface area contributed by atoms with E-state index in [9.17, 15) is 9.59 Å². The Morgan fingerprint density at radius 2 is 1.53 bits per heavy atom. The molecule has 2 aromatic rings. The van der Waals surface area contributed by atoms with Crippen molar-refractivity contribution in [3.05, 3.63) is 70.4 Å². The van der Waals surface area contributed by atoms with E-state index in [0.717, 1.165) is 43.4 Å². The Morgan fingerprint density at radius 1 is 0.833 bits per heavy atom. The molecule has 0 atom stereocenters. The smallest absolute Gasteiger partial charge is 0.278 e. The molecular weight excluding hydrogens is 396 g/mol. The molecule has 4 nitrogen and oxygen atoms in total. The van der Waals surface area contributed by atoms with Gasteiger partial charge in [0.25, 0.3) is 11.8 Å². The molecular formula is C25H25ClN2O2. The van der Waals surface area contributed by atoms with Crippen LogP contribution in [0.4, 0.5) is 5.69 Å². The van der Waals surface area contributed by atoms with Crippen molar-refractivity contribution < 1.29 is 9.59 Å². The van der Waals surface area contributed by atoms with E-state index in [1.807, 2.05) is 30.3 Å². The van der Waals surface area contributed by atoms with Gasteiger partial charge in [0, 0.05) is 23.3 Å². The minimum absolute atomic E-state index is 0.00912. The normalized spacial score (nSPS) is 20.2. The zero-order valence-corrected chi connectivity index (χ0v) is 17.7. The van der Waals surface area contributed by atoms with Gasteiger partial charge < -0.3 is 4.90 Å². The molecule has 2 aliphatic heterocycles. The predicted octanol–water partition coefficient (Wildman–Crippen LogP) is 5.21. The van der Waals surface area contributed by atoms with Gasteiger partial charge in [-0.15, -0.1) is 0 Å². The summed E-state index contributed by atoms with van der Waals surface area (Å²) >= 11 is 6.09. The Balaban J connectivity index is 1.61. The van der Waals surface area contributed by atoms with Crippen LogP contribution in [0.5, 0.6) is 0 Å². The quantitative estimate of drug-likeness (QED) is 0.505. The van der Waals surface area contributed by atoms with Crippen molar-refractivity contribution in [2.45, 2.75) is 51.0 Å². The van der Waals surface area contributed by atoms with E-state index < -0.39 is 0 Å². The highest BCUT2D eigenvalue weighted by Crippen LogP contribution is 2.40. The lowest BCUT2D eigenvalue weighted by Crippen LogP contribution is -2.42. The van der Waals surface area contributed by atoms with E-state index >= 15 is 0 Å². The first-order chi connectivity index (χ1) is 14.6. The Bertz CT molecular complexity index is 1020. The fourth-order valence-electron chi connectivity index (χ4n) is 5.08. The lowest BCUT2D eigenvalue weighted by atomic mass is 10.0. The molecule has 2 amide bonds. The highest BCUT2D eigenvalue weighted by molar-refractivity contribution is 6.37. The fraction of sp³-hybridized carbons (Fsp3) is 0.360. The number of carbonyl (C=O) groups is 2. The lowest BCUT2D eigenvalue weighted by Gasteiger charge is -2.27. The number of hydrogen-bond donors (Lipinski definition) is 0. The molecule has 154 valence electrons. The third-order valence-electron chi connectivity index (χ3n) is 6.57. The highest BCUT2D eigenvalue weighted by atomic mass is 35.5. The third kappa shape index (κ3) is 3.24. The number of para-hydroxylation sites is 1. The van der Waals surface area contributed by atoms with Crippen LogP contribution in [0.15, 0.2) is 54.2 Å². The molecule has 0 aromatic heterocycles. The van der Waals surface area contributed by atoms with E-state index in [1.165, 1.54) is 18.4 Å². The van der Waals surface area contributed by atoms with Crippen LogP contribution in [0.2, 0.25) is 5.02 Å². The molecule has 30 heavy (non-hydrogen) atoms. The second-order valence-corrected chi connectivity index (χ2v) is 8.82. The number of anilines is 1. The van der Waals surface area contributed by atoms with Gasteiger partial charge >= 0.3 is 0 Å². The molecule has 1 saturated carbocycles. The maximum atomic E-state index is 13.8. The van der Waals surface area contributed by atoms with Gasteiger partial charge in [0.05, 0.1) is 5.57 Å². The maximum Gasteiger partial charge on any atom is 0.278 e. The number of amides is 2. The van der Waals surface area contributed by atoms with Crippen LogP contribution in [0, 0.1) is 0 Å². The van der Waals surface area contributed by atoms with Crippen LogP contribution in [0.25, 0.3) is 5.57 Å². The largest absolute Gasteiger partial charge is 0.336 e. The highest BCUT2D eigenvalue weighted by Gasteiger charge is 2.45. The van der Waals surface area contributed by atoms with E-state index in [2.05, 4.69) is 11.0 Å². The van der Waals surface area contributed by atoms with Crippen LogP contribution in [-0.4, -0.2) is 29.3 Å². The van der Waals surface area contributed by atoms with Crippen molar-refractivity contribution in [3.8, 4) is 0 Å². The molecule has 0 radical (unpaired) electrons. The van der Waals surface area contributed by atoms with Crippen molar-refractivity contribution in [1.29, 1.82) is 0 Å². The van der Waals surface area contributed by atoms with Crippen LogP contribution in [0.1, 0.15) is 49.7 Å². The Kier molecular flexibility index (Phi) is 5.11. The summed E-state index contributed by atoms with van der Waals surface area (Å²) < 4.78 is 0. The van der Waals surface area contributed by atoms with Gasteiger partial charge in [-0.3, -0.25) is 14.5 Å². The molecule has 5 heteroatoms. The van der Waals surface area contributed by atoms with Crippen molar-refractivity contribution in [2.24, 2.45) is 0 Å². The average molecular weight is 421 g/mol. The second kappa shape index (κ2) is 7.92. The van der Waals surface area contributed by atoms with Gasteiger partial charge in [0.15, 0.2) is 0 Å². The number of imide groups is 1. The first kappa shape index (κ1) is 19.4. The number of fused-ring (bicyclic) bond motifs is 1. The van der Waals surface area contributed by atoms with Crippen molar-refractivity contribution in [1.82, 2.24) is 4.90 Å². The number of rotatable bonds is 3. The summed E-state index contributed by atoms with van der Waals surface area (Å²) in [5, 5.41) is 0.616. The first-order valence-electron chi connectivity index (χ1n) is 10.9. The van der Waals surface area contributed by atoms with Crippen LogP contribution in [0.3, 0.4) is 0 Å². The van der Waals surface area contributed by atoms with E-state index in [4.69, 9.17) is 11.6 Å². The summed E-state index contributed by atoms with van der Waals surface area (Å²) in [6.45, 7) is 0.712. The van der Waals surface area contributed by atoms with Crippen LogP contribution >= 0.6 is 11.6 Å². The predicted molar refractivity (Wildman–Crippen MR) is 119 cm³/mol. The summed E-state index contributed by atoms with van der Waals surface area (Å²) in [5.41, 5.74) is 4.04. The van der Waals surface area contributed by atoms with Gasteiger partial charge in [0.1, 0.15) is 5.70 Å². The molecule has 5 rings (SSSR count). The van der Waals surface area contributed by atoms with E-state index in [1.54, 1.807) is 17.0 Å². The summed E-state index contributed by atoms with van der Waals surface area (Å²) in [5.74, 6) is -0.304. The van der Waals surface area contributed by atoms with Gasteiger partial charge in [-0.05, 0) is 48.6 Å². The Morgan fingerprint density at radius 3 is 2.27 bits per heavy atom. The monoisotopic (exact) mass is 420 g/mol. The van der Waals surface area contributed by atoms with Crippen LogP contribution in [-0.2, 0) is 16.0 Å². The number of benzene rings is 2. The number of halogens is 1. The minimum Gasteiger partial charge on any atom is -0.336 e. The molecule has 1 fully saturated rings. The lowest BCUT2D eigenvalue weighted by molar-refractivity contribution is -0.139. The zero-order valence-electron chi connectivity index (χ0n) is 16.9. The van der Waals surface area contributed by atoms with Gasteiger partial charge in [0.2, 0.25) is 0 Å². The number of carbonyl (C=O) groups excluding carboxylic acids is 2. The van der Waals surface area contributed by atoms with Gasteiger partial charge in [-0.25, -0.2) is 0 Å². The molecule has 0 spiro atoms. The summed E-state index contributed by atoms with van der Waals surface area (Å²) in [6.07, 6.45) is 7.16. The van der Waals surface area contributed by atoms with Crippen molar-refractivity contribution >= 4 is 34.7 Å². The zero-order chi connectivity index (χ0) is 20.7. The van der Waals surface area contributed by atoms with Crippen molar-refractivity contribution in [2.75, 3.05) is 11.4 Å². The summed E-state index contributed by atoms with van der Waals surface area (Å²) in [7, 11) is 0. The molecule has 1 aliphatic carbocycles. The molecule has 0 unspecified atom stereocenters. The molecule has 0 saturated heterocycles. The van der Waals surface area contributed by atoms with Gasteiger partial charge in [-0.1, -0.05) is 67.6 Å². The molecule has 2 heterocycles. The van der Waals surface area contributed by atoms with Crippen molar-refractivity contribution in [3.63, 3.8) is 0 Å². The molecule has 0 bridgehead atoms. The van der Waals surface area contributed by atoms with Gasteiger partial charge in [-0.2, -0.15) is 0 Å². The summed E-state index contributed by atoms with van der Waals surface area (Å²) in [4.78, 5) is 31.0. The molecule has 3 aliphatic rings. The van der Waals surface area contributed by atoms with E-state index in [-0.39, 0.29) is 17.9 Å². The molecule has 0 N–H and O–H groups in total. The topological polar surface area (TPSA) is 40.6 Å². The first-order valence-corrected chi connectivity index (χ1v) is 11.3. The maximum absolute atomic E-state index is 13.8. The number of hydrogen-bond acceptors (Lipinski definition) is 3. The Hall–Kier alpha value is -2.59. The minimum atomic E-state index is -0.159. The van der Waals surface area contributed by atoms with E-state index in [0.29, 0.717) is 22.8 Å². The van der Waals surface area contributed by atoms with Crippen LogP contribution < -0.4 is 4.90 Å². The second-order valence-electron chi connectivity index (χ2n) is 8.39. The third-order valence-corrected chi connectivity index (χ3v) is 6.82. The Labute approximate surface area is 182 Å². The average Bonchev–Trinajstić information content (AvgIpc) is 3.14. The number of nitrogens with zero attached hydrogens (tertiary/aromatic N) is 2.